The van der Waals surface area contributed by atoms with Gasteiger partial charge in [0, 0.05) is 18.9 Å². The van der Waals surface area contributed by atoms with Crippen molar-refractivity contribution in [3.8, 4) is 0 Å². The second-order valence-electron chi connectivity index (χ2n) is 3.57. The lowest BCUT2D eigenvalue weighted by molar-refractivity contribution is -0.130. The van der Waals surface area contributed by atoms with E-state index >= 15 is 0 Å². The lowest BCUT2D eigenvalue weighted by Gasteiger charge is -2.12. The Hall–Kier alpha value is -1.35. The van der Waals surface area contributed by atoms with Gasteiger partial charge in [-0.05, 0) is 5.56 Å². The first-order valence-corrected chi connectivity index (χ1v) is 4.75. The van der Waals surface area contributed by atoms with Gasteiger partial charge in [0.15, 0.2) is 0 Å². The van der Waals surface area contributed by atoms with E-state index in [1.807, 2.05) is 30.3 Å². The fourth-order valence-electron chi connectivity index (χ4n) is 1.86. The fourth-order valence-corrected chi connectivity index (χ4v) is 1.86. The van der Waals surface area contributed by atoms with Crippen LogP contribution in [0.1, 0.15) is 17.9 Å². The smallest absolute Gasteiger partial charge is 0.225 e. The number of rotatable bonds is 2. The number of amides is 1. The van der Waals surface area contributed by atoms with Crippen LogP contribution in [0.25, 0.3) is 0 Å². The van der Waals surface area contributed by atoms with E-state index in [0.717, 1.165) is 0 Å². The van der Waals surface area contributed by atoms with Gasteiger partial charge in [-0.2, -0.15) is 0 Å². The molecule has 0 aromatic heterocycles. The van der Waals surface area contributed by atoms with E-state index in [2.05, 4.69) is 0 Å². The molecule has 74 valence electrons. The Morgan fingerprint density at radius 1 is 1.36 bits per heavy atom. The van der Waals surface area contributed by atoms with E-state index in [1.165, 1.54) is 10.5 Å². The van der Waals surface area contributed by atoms with Gasteiger partial charge in [0.05, 0.1) is 0 Å². The monoisotopic (exact) mass is 191 g/mol. The Kier molecular flexibility index (Phi) is 2.50. The summed E-state index contributed by atoms with van der Waals surface area (Å²) in [5, 5.41) is 8.91. The molecule has 3 nitrogen and oxygen atoms in total. The van der Waals surface area contributed by atoms with Gasteiger partial charge in [-0.15, -0.1) is 0 Å². The van der Waals surface area contributed by atoms with Crippen LogP contribution in [0.5, 0.6) is 0 Å². The summed E-state index contributed by atoms with van der Waals surface area (Å²) in [5.41, 5.74) is 1.18. The van der Waals surface area contributed by atoms with Crippen molar-refractivity contribution in [1.82, 2.24) is 4.90 Å². The van der Waals surface area contributed by atoms with Crippen LogP contribution in [-0.4, -0.2) is 29.2 Å². The van der Waals surface area contributed by atoms with Crippen LogP contribution in [0, 0.1) is 0 Å². The predicted molar refractivity (Wildman–Crippen MR) is 52.6 cm³/mol. The number of likely N-dealkylation sites (tertiary alicyclic amines) is 1. The summed E-state index contributed by atoms with van der Waals surface area (Å²) < 4.78 is 0. The molecular formula is C11H13NO2. The van der Waals surface area contributed by atoms with Crippen molar-refractivity contribution in [2.24, 2.45) is 0 Å². The maximum Gasteiger partial charge on any atom is 0.225 e. The van der Waals surface area contributed by atoms with Crippen LogP contribution < -0.4 is 0 Å². The van der Waals surface area contributed by atoms with Crippen LogP contribution >= 0.6 is 0 Å². The molecule has 1 aromatic rings. The predicted octanol–water partition coefficient (Wildman–Crippen LogP) is 0.952. The maximum atomic E-state index is 11.4. The minimum atomic E-state index is -0.165. The van der Waals surface area contributed by atoms with Gasteiger partial charge < -0.3 is 10.0 Å². The molecule has 0 bridgehead atoms. The lowest BCUT2D eigenvalue weighted by atomic mass is 9.99. The third-order valence-electron chi connectivity index (χ3n) is 2.66. The molecule has 1 N–H and O–H groups in total. The van der Waals surface area contributed by atoms with Crippen molar-refractivity contribution in [2.45, 2.75) is 12.3 Å². The Balaban J connectivity index is 2.13. The van der Waals surface area contributed by atoms with Crippen molar-refractivity contribution >= 4 is 5.91 Å². The summed E-state index contributed by atoms with van der Waals surface area (Å²) in [4.78, 5) is 12.8. The van der Waals surface area contributed by atoms with Gasteiger partial charge in [0.2, 0.25) is 5.91 Å². The third-order valence-corrected chi connectivity index (χ3v) is 2.66. The van der Waals surface area contributed by atoms with E-state index in [4.69, 9.17) is 5.11 Å². The molecule has 1 amide bonds. The topological polar surface area (TPSA) is 40.5 Å². The lowest BCUT2D eigenvalue weighted by Crippen LogP contribution is -2.25. The van der Waals surface area contributed by atoms with Crippen molar-refractivity contribution in [2.75, 3.05) is 13.3 Å². The van der Waals surface area contributed by atoms with Crippen LogP contribution in [0.2, 0.25) is 0 Å². The van der Waals surface area contributed by atoms with Crippen molar-refractivity contribution in [3.63, 3.8) is 0 Å². The number of benzene rings is 1. The van der Waals surface area contributed by atoms with E-state index in [1.54, 1.807) is 0 Å². The number of hydrogen-bond donors (Lipinski definition) is 1. The zero-order chi connectivity index (χ0) is 9.97. The first-order valence-electron chi connectivity index (χ1n) is 4.75. The fraction of sp³-hybridized carbons (Fsp3) is 0.364. The average molecular weight is 191 g/mol. The molecule has 14 heavy (non-hydrogen) atoms. The highest BCUT2D eigenvalue weighted by Gasteiger charge is 2.29. The van der Waals surface area contributed by atoms with E-state index in [0.29, 0.717) is 13.0 Å². The average Bonchev–Trinajstić information content (AvgIpc) is 2.61. The molecule has 2 rings (SSSR count). The summed E-state index contributed by atoms with van der Waals surface area (Å²) in [6, 6.07) is 9.96. The van der Waals surface area contributed by atoms with Gasteiger partial charge >= 0.3 is 0 Å². The summed E-state index contributed by atoms with van der Waals surface area (Å²) in [5.74, 6) is 0.289. The van der Waals surface area contributed by atoms with Gasteiger partial charge in [0.1, 0.15) is 6.73 Å². The normalized spacial score (nSPS) is 21.6. The van der Waals surface area contributed by atoms with Crippen LogP contribution in [0.4, 0.5) is 0 Å². The zero-order valence-electron chi connectivity index (χ0n) is 7.89. The highest BCUT2D eigenvalue weighted by molar-refractivity contribution is 5.79. The first kappa shape index (κ1) is 9.21. The number of carbonyl (C=O) groups excluding carboxylic acids is 1. The molecule has 1 aliphatic heterocycles. The Morgan fingerprint density at radius 2 is 2.07 bits per heavy atom. The van der Waals surface area contributed by atoms with Gasteiger partial charge in [-0.25, -0.2) is 0 Å². The molecule has 1 aromatic carbocycles. The van der Waals surface area contributed by atoms with Crippen LogP contribution in [0.15, 0.2) is 30.3 Å². The summed E-state index contributed by atoms with van der Waals surface area (Å²) in [6.45, 7) is 0.474. The molecular weight excluding hydrogens is 178 g/mol. The SMILES string of the molecule is O=C1C[C@H](c2ccccc2)CN1CO. The molecule has 0 radical (unpaired) electrons. The van der Waals surface area contributed by atoms with E-state index in [-0.39, 0.29) is 18.6 Å². The van der Waals surface area contributed by atoms with E-state index < -0.39 is 0 Å². The molecule has 1 saturated heterocycles. The Labute approximate surface area is 83.0 Å². The minimum Gasteiger partial charge on any atom is -0.376 e. The minimum absolute atomic E-state index is 0.0429. The summed E-state index contributed by atoms with van der Waals surface area (Å²) >= 11 is 0. The molecule has 0 spiro atoms. The van der Waals surface area contributed by atoms with Crippen LogP contribution in [0.3, 0.4) is 0 Å². The number of hydrogen-bond acceptors (Lipinski definition) is 2. The van der Waals surface area contributed by atoms with Crippen molar-refractivity contribution in [1.29, 1.82) is 0 Å². The van der Waals surface area contributed by atoms with Crippen molar-refractivity contribution < 1.29 is 9.90 Å². The quantitative estimate of drug-likeness (QED) is 0.756. The number of carbonyl (C=O) groups is 1. The molecule has 0 unspecified atom stereocenters. The highest BCUT2D eigenvalue weighted by Crippen LogP contribution is 2.27. The van der Waals surface area contributed by atoms with Crippen molar-refractivity contribution in [3.05, 3.63) is 35.9 Å². The number of aliphatic hydroxyl groups is 1. The van der Waals surface area contributed by atoms with E-state index in [9.17, 15) is 4.79 Å². The molecule has 1 atom stereocenters. The molecule has 1 aliphatic rings. The van der Waals surface area contributed by atoms with Gasteiger partial charge in [0.25, 0.3) is 0 Å². The van der Waals surface area contributed by atoms with Crippen LogP contribution in [-0.2, 0) is 4.79 Å². The maximum absolute atomic E-state index is 11.4. The van der Waals surface area contributed by atoms with Gasteiger partial charge in [-0.3, -0.25) is 4.79 Å². The molecule has 1 heterocycles. The first-order chi connectivity index (χ1) is 6.81. The third kappa shape index (κ3) is 1.63. The summed E-state index contributed by atoms with van der Waals surface area (Å²) in [6.07, 6.45) is 0.518. The second-order valence-corrected chi connectivity index (χ2v) is 3.57. The molecule has 0 aliphatic carbocycles. The second kappa shape index (κ2) is 3.80. The van der Waals surface area contributed by atoms with Gasteiger partial charge in [-0.1, -0.05) is 30.3 Å². The standard InChI is InChI=1S/C11H13NO2/c13-8-12-7-10(6-11(12)14)9-4-2-1-3-5-9/h1-5,10,13H,6-8H2/t10-/m0/s1. The number of nitrogens with zero attached hydrogens (tertiary/aromatic N) is 1. The molecule has 0 saturated carbocycles. The Bertz CT molecular complexity index is 323. The highest BCUT2D eigenvalue weighted by atomic mass is 16.3. The largest absolute Gasteiger partial charge is 0.376 e. The Morgan fingerprint density at radius 3 is 2.64 bits per heavy atom. The summed E-state index contributed by atoms with van der Waals surface area (Å²) in [7, 11) is 0. The number of aliphatic hydroxyl groups excluding tert-OH is 1. The molecule has 3 heteroatoms. The molecule has 1 fully saturated rings. The zero-order valence-corrected chi connectivity index (χ0v) is 7.89.